The summed E-state index contributed by atoms with van der Waals surface area (Å²) in [4.78, 5) is 0. The van der Waals surface area contributed by atoms with Crippen LogP contribution >= 0.6 is 0 Å². The Morgan fingerprint density at radius 1 is 1.13 bits per heavy atom. The van der Waals surface area contributed by atoms with Crippen LogP contribution in [0.4, 0.5) is 5.69 Å². The van der Waals surface area contributed by atoms with Gasteiger partial charge in [-0.05, 0) is 23.1 Å². The molecule has 0 fully saturated rings. The molecule has 1 aliphatic heterocycles. The molecule has 1 aliphatic rings. The van der Waals surface area contributed by atoms with Gasteiger partial charge < -0.3 is 0 Å². The van der Waals surface area contributed by atoms with E-state index in [0.717, 1.165) is 13.0 Å². The average molecular weight is 202 g/mol. The van der Waals surface area contributed by atoms with E-state index < -0.39 is 0 Å². The molecule has 0 radical (unpaired) electrons. The maximum absolute atomic E-state index is 4.31. The summed E-state index contributed by atoms with van der Waals surface area (Å²) < 4.78 is 0. The molecule has 1 aromatic carbocycles. The van der Waals surface area contributed by atoms with E-state index in [4.69, 9.17) is 0 Å². The minimum absolute atomic E-state index is 0.229. The molecular weight excluding hydrogens is 184 g/mol. The molecule has 80 valence electrons. The van der Waals surface area contributed by atoms with Gasteiger partial charge in [-0.15, -0.1) is 0 Å². The Balaban J connectivity index is 2.20. The van der Waals surface area contributed by atoms with Gasteiger partial charge in [0, 0.05) is 19.2 Å². The molecule has 2 nitrogen and oxygen atoms in total. The minimum Gasteiger partial charge on any atom is -0.266 e. The number of nitrogens with zero attached hydrogens (tertiary/aromatic N) is 2. The van der Waals surface area contributed by atoms with Crippen LogP contribution < -0.4 is 5.01 Å². The van der Waals surface area contributed by atoms with E-state index in [1.54, 1.807) is 0 Å². The molecule has 0 unspecified atom stereocenters. The number of anilines is 1. The highest BCUT2D eigenvalue weighted by atomic mass is 15.5. The van der Waals surface area contributed by atoms with Crippen LogP contribution in [0.1, 0.15) is 32.8 Å². The summed E-state index contributed by atoms with van der Waals surface area (Å²) in [5, 5.41) is 6.35. The third-order valence-electron chi connectivity index (χ3n) is 2.72. The van der Waals surface area contributed by atoms with E-state index in [-0.39, 0.29) is 5.41 Å². The van der Waals surface area contributed by atoms with Crippen LogP contribution in [0, 0.1) is 0 Å². The van der Waals surface area contributed by atoms with Crippen LogP contribution in [0.15, 0.2) is 29.4 Å². The van der Waals surface area contributed by atoms with Gasteiger partial charge in [0.1, 0.15) is 0 Å². The molecule has 1 heterocycles. The Morgan fingerprint density at radius 3 is 2.27 bits per heavy atom. The van der Waals surface area contributed by atoms with E-state index in [1.807, 2.05) is 11.2 Å². The fourth-order valence-electron chi connectivity index (χ4n) is 1.72. The van der Waals surface area contributed by atoms with Crippen LogP contribution in [-0.2, 0) is 5.41 Å². The SMILES string of the molecule is CC(C)(C)c1ccc(N2CCC=N2)cc1. The lowest BCUT2D eigenvalue weighted by molar-refractivity contribution is 0.590. The van der Waals surface area contributed by atoms with E-state index in [2.05, 4.69) is 50.1 Å². The van der Waals surface area contributed by atoms with Crippen molar-refractivity contribution in [1.29, 1.82) is 0 Å². The molecule has 0 N–H and O–H groups in total. The van der Waals surface area contributed by atoms with Gasteiger partial charge in [0.15, 0.2) is 0 Å². The van der Waals surface area contributed by atoms with E-state index in [0.29, 0.717) is 0 Å². The first kappa shape index (κ1) is 10.2. The van der Waals surface area contributed by atoms with Crippen LogP contribution in [0.2, 0.25) is 0 Å². The standard InChI is InChI=1S/C13H18N2/c1-13(2,3)11-5-7-12(8-6-11)15-10-4-9-14-15/h5-9H,4,10H2,1-3H3. The van der Waals surface area contributed by atoms with Gasteiger partial charge in [0.2, 0.25) is 0 Å². The zero-order valence-corrected chi connectivity index (χ0v) is 9.70. The predicted molar refractivity (Wildman–Crippen MR) is 65.6 cm³/mol. The largest absolute Gasteiger partial charge is 0.266 e. The van der Waals surface area contributed by atoms with Gasteiger partial charge in [0.25, 0.3) is 0 Å². The highest BCUT2D eigenvalue weighted by molar-refractivity contribution is 5.65. The molecule has 0 saturated carbocycles. The second-order valence-electron chi connectivity index (χ2n) is 5.01. The fraction of sp³-hybridized carbons (Fsp3) is 0.462. The Labute approximate surface area is 91.6 Å². The van der Waals surface area contributed by atoms with Crippen molar-refractivity contribution in [3.63, 3.8) is 0 Å². The number of benzene rings is 1. The molecule has 2 rings (SSSR count). The summed E-state index contributed by atoms with van der Waals surface area (Å²) in [7, 11) is 0. The molecule has 2 heteroatoms. The Bertz CT molecular complexity index is 357. The fourth-order valence-corrected chi connectivity index (χ4v) is 1.72. The topological polar surface area (TPSA) is 15.6 Å². The van der Waals surface area contributed by atoms with E-state index in [9.17, 15) is 0 Å². The lowest BCUT2D eigenvalue weighted by Crippen LogP contribution is -2.14. The molecule has 1 aromatic rings. The smallest absolute Gasteiger partial charge is 0.0594 e. The van der Waals surface area contributed by atoms with Crippen molar-refractivity contribution < 1.29 is 0 Å². The number of hydrazone groups is 1. The third-order valence-corrected chi connectivity index (χ3v) is 2.72. The number of rotatable bonds is 1. The van der Waals surface area contributed by atoms with Crippen molar-refractivity contribution in [2.45, 2.75) is 32.6 Å². The summed E-state index contributed by atoms with van der Waals surface area (Å²) in [6.45, 7) is 7.71. The van der Waals surface area contributed by atoms with Gasteiger partial charge >= 0.3 is 0 Å². The van der Waals surface area contributed by atoms with Crippen molar-refractivity contribution in [2.24, 2.45) is 5.10 Å². The maximum Gasteiger partial charge on any atom is 0.0594 e. The third kappa shape index (κ3) is 2.20. The molecular formula is C13H18N2. The monoisotopic (exact) mass is 202 g/mol. The highest BCUT2D eigenvalue weighted by Gasteiger charge is 2.14. The predicted octanol–water partition coefficient (Wildman–Crippen LogP) is 3.18. The van der Waals surface area contributed by atoms with Crippen molar-refractivity contribution >= 4 is 11.9 Å². The number of hydrogen-bond donors (Lipinski definition) is 0. The van der Waals surface area contributed by atoms with E-state index in [1.165, 1.54) is 11.3 Å². The summed E-state index contributed by atoms with van der Waals surface area (Å²) in [6, 6.07) is 8.71. The first-order valence-corrected chi connectivity index (χ1v) is 5.48. The zero-order valence-electron chi connectivity index (χ0n) is 9.70. The zero-order chi connectivity index (χ0) is 10.9. The Hall–Kier alpha value is -1.31. The summed E-state index contributed by atoms with van der Waals surface area (Å²) >= 11 is 0. The quantitative estimate of drug-likeness (QED) is 0.683. The van der Waals surface area contributed by atoms with Crippen molar-refractivity contribution in [1.82, 2.24) is 0 Å². The lowest BCUT2D eigenvalue weighted by atomic mass is 9.87. The first-order chi connectivity index (χ1) is 7.07. The molecule has 0 aliphatic carbocycles. The minimum atomic E-state index is 0.229. The van der Waals surface area contributed by atoms with Gasteiger partial charge in [-0.25, -0.2) is 0 Å². The van der Waals surface area contributed by atoms with Gasteiger partial charge in [-0.2, -0.15) is 5.10 Å². The molecule has 0 spiro atoms. The lowest BCUT2D eigenvalue weighted by Gasteiger charge is -2.20. The molecule has 0 saturated heterocycles. The van der Waals surface area contributed by atoms with Crippen molar-refractivity contribution in [3.8, 4) is 0 Å². The van der Waals surface area contributed by atoms with Crippen molar-refractivity contribution in [2.75, 3.05) is 11.6 Å². The second-order valence-corrected chi connectivity index (χ2v) is 5.01. The van der Waals surface area contributed by atoms with Gasteiger partial charge in [-0.3, -0.25) is 5.01 Å². The molecule has 15 heavy (non-hydrogen) atoms. The summed E-state index contributed by atoms with van der Waals surface area (Å²) in [6.07, 6.45) is 3.03. The van der Waals surface area contributed by atoms with Crippen LogP contribution in [0.5, 0.6) is 0 Å². The summed E-state index contributed by atoms with van der Waals surface area (Å²) in [5.74, 6) is 0. The summed E-state index contributed by atoms with van der Waals surface area (Å²) in [5.41, 5.74) is 2.79. The Kier molecular flexibility index (Phi) is 2.51. The Morgan fingerprint density at radius 2 is 1.80 bits per heavy atom. The van der Waals surface area contributed by atoms with Gasteiger partial charge in [0.05, 0.1) is 5.69 Å². The molecule has 0 atom stereocenters. The molecule has 0 bridgehead atoms. The van der Waals surface area contributed by atoms with Crippen LogP contribution in [0.3, 0.4) is 0 Å². The normalized spacial score (nSPS) is 16.1. The number of hydrogen-bond acceptors (Lipinski definition) is 2. The highest BCUT2D eigenvalue weighted by Crippen LogP contribution is 2.25. The van der Waals surface area contributed by atoms with E-state index >= 15 is 0 Å². The second kappa shape index (κ2) is 3.69. The first-order valence-electron chi connectivity index (χ1n) is 5.48. The maximum atomic E-state index is 4.31. The van der Waals surface area contributed by atoms with Gasteiger partial charge in [-0.1, -0.05) is 32.9 Å². The van der Waals surface area contributed by atoms with Crippen LogP contribution in [0.25, 0.3) is 0 Å². The van der Waals surface area contributed by atoms with Crippen molar-refractivity contribution in [3.05, 3.63) is 29.8 Å². The van der Waals surface area contributed by atoms with Crippen LogP contribution in [-0.4, -0.2) is 12.8 Å². The molecule has 0 aromatic heterocycles. The molecule has 0 amide bonds. The average Bonchev–Trinajstić information content (AvgIpc) is 2.69.